The second-order valence-corrected chi connectivity index (χ2v) is 17.6. The van der Waals surface area contributed by atoms with E-state index < -0.39 is 5.41 Å². The molecule has 3 nitrogen and oxygen atoms in total. The van der Waals surface area contributed by atoms with E-state index in [9.17, 15) is 9.90 Å². The Morgan fingerprint density at radius 1 is 0.820 bits per heavy atom. The number of pyridine rings is 1. The Hall–Kier alpha value is -3.59. The van der Waals surface area contributed by atoms with Crippen molar-refractivity contribution in [1.82, 2.24) is 4.98 Å². The summed E-state index contributed by atoms with van der Waals surface area (Å²) in [7, 11) is 0. The third kappa shape index (κ3) is 7.53. The van der Waals surface area contributed by atoms with Crippen LogP contribution in [0.5, 0.6) is 0 Å². The molecular formula is C46H54IrNO2-. The van der Waals surface area contributed by atoms with Gasteiger partial charge in [0.25, 0.3) is 0 Å². The Bertz CT molecular complexity index is 2100. The van der Waals surface area contributed by atoms with Crippen LogP contribution in [0, 0.1) is 16.9 Å². The SMILES string of the molecule is CC(C)(C)C(=O)/C=C(\O)C(C)(C)C.CC(C)c1ccc2c(c1)-c1c(-c3[c-]c4ccccc4c(C(C)(C)C)c3)nc3ccccc3c1C2(C)C.[Ir]. The molecule has 0 aliphatic heterocycles. The summed E-state index contributed by atoms with van der Waals surface area (Å²) >= 11 is 0. The van der Waals surface area contributed by atoms with Crippen LogP contribution < -0.4 is 0 Å². The van der Waals surface area contributed by atoms with Crippen molar-refractivity contribution in [1.29, 1.82) is 0 Å². The molecule has 0 fully saturated rings. The number of carbonyl (C=O) groups is 1. The van der Waals surface area contributed by atoms with E-state index in [0.717, 1.165) is 22.2 Å². The number of fused-ring (bicyclic) bond motifs is 6. The van der Waals surface area contributed by atoms with Crippen molar-refractivity contribution in [2.24, 2.45) is 10.8 Å². The molecule has 1 radical (unpaired) electrons. The monoisotopic (exact) mass is 845 g/mol. The molecule has 0 unspecified atom stereocenters. The zero-order valence-corrected chi connectivity index (χ0v) is 34.6. The van der Waals surface area contributed by atoms with Crippen molar-refractivity contribution in [2.75, 3.05) is 0 Å². The number of ketones is 1. The second kappa shape index (κ2) is 13.9. The summed E-state index contributed by atoms with van der Waals surface area (Å²) in [6.07, 6.45) is 1.33. The number of hydrogen-bond donors (Lipinski definition) is 1. The molecule has 0 spiro atoms. The molecule has 1 aliphatic carbocycles. The molecule has 0 bridgehead atoms. The molecule has 0 amide bonds. The number of benzene rings is 4. The molecule has 0 saturated heterocycles. The molecular weight excluding hydrogens is 791 g/mol. The Labute approximate surface area is 314 Å². The quantitative estimate of drug-likeness (QED) is 0.112. The summed E-state index contributed by atoms with van der Waals surface area (Å²) in [4.78, 5) is 16.8. The summed E-state index contributed by atoms with van der Waals surface area (Å²) in [6.45, 7) is 27.3. The Morgan fingerprint density at radius 2 is 1.42 bits per heavy atom. The van der Waals surface area contributed by atoms with Crippen molar-refractivity contribution in [3.8, 4) is 22.4 Å². The van der Waals surface area contributed by atoms with E-state index in [0.29, 0.717) is 5.92 Å². The number of carbonyl (C=O) groups excluding carboxylic acids is 1. The first-order valence-electron chi connectivity index (χ1n) is 17.6. The smallest absolute Gasteiger partial charge is 0.164 e. The topological polar surface area (TPSA) is 50.2 Å². The number of aliphatic hydroxyl groups excluding tert-OH is 1. The van der Waals surface area contributed by atoms with Gasteiger partial charge in [0, 0.05) is 53.5 Å². The minimum Gasteiger partial charge on any atom is -0.512 e. The average molecular weight is 845 g/mol. The number of aromatic nitrogens is 1. The first kappa shape index (κ1) is 39.2. The number of hydrogen-bond acceptors (Lipinski definition) is 3. The van der Waals surface area contributed by atoms with Gasteiger partial charge < -0.3 is 5.11 Å². The number of rotatable bonds is 3. The Balaban J connectivity index is 0.000000345. The van der Waals surface area contributed by atoms with E-state index in [1.165, 1.54) is 50.2 Å². The zero-order chi connectivity index (χ0) is 36.3. The predicted molar refractivity (Wildman–Crippen MR) is 209 cm³/mol. The van der Waals surface area contributed by atoms with Crippen LogP contribution in [0.3, 0.4) is 0 Å². The second-order valence-electron chi connectivity index (χ2n) is 17.6. The van der Waals surface area contributed by atoms with Crippen LogP contribution in [0.25, 0.3) is 44.1 Å². The van der Waals surface area contributed by atoms with Gasteiger partial charge in [-0.15, -0.1) is 29.1 Å². The van der Waals surface area contributed by atoms with Crippen LogP contribution in [0.15, 0.2) is 84.6 Å². The minimum atomic E-state index is -0.417. The van der Waals surface area contributed by atoms with Crippen LogP contribution in [0.1, 0.15) is 118 Å². The van der Waals surface area contributed by atoms with Gasteiger partial charge in [0.15, 0.2) is 5.78 Å². The van der Waals surface area contributed by atoms with Crippen molar-refractivity contribution >= 4 is 27.5 Å². The summed E-state index contributed by atoms with van der Waals surface area (Å²) in [5.74, 6) is 0.575. The van der Waals surface area contributed by atoms with Crippen molar-refractivity contribution in [2.45, 2.75) is 107 Å². The molecule has 4 heteroatoms. The van der Waals surface area contributed by atoms with Crippen LogP contribution in [-0.2, 0) is 35.7 Å². The van der Waals surface area contributed by atoms with Gasteiger partial charge in [-0.25, -0.2) is 0 Å². The van der Waals surface area contributed by atoms with Crippen molar-refractivity contribution < 1.29 is 30.0 Å². The van der Waals surface area contributed by atoms with Gasteiger partial charge >= 0.3 is 0 Å². The Morgan fingerprint density at radius 3 is 2.00 bits per heavy atom. The molecule has 1 aliphatic rings. The molecule has 6 rings (SSSR count). The summed E-state index contributed by atoms with van der Waals surface area (Å²) in [6, 6.07) is 30.5. The normalized spacial score (nSPS) is 14.2. The fraction of sp³-hybridized carbons (Fsp3) is 0.391. The number of allylic oxidation sites excluding steroid dienone is 2. The summed E-state index contributed by atoms with van der Waals surface area (Å²) < 4.78 is 0. The van der Waals surface area contributed by atoms with Crippen molar-refractivity contribution in [3.63, 3.8) is 0 Å². The third-order valence-electron chi connectivity index (χ3n) is 9.78. The van der Waals surface area contributed by atoms with E-state index in [4.69, 9.17) is 4.98 Å². The molecule has 265 valence electrons. The summed E-state index contributed by atoms with van der Waals surface area (Å²) in [5.41, 5.74) is 10.4. The maximum atomic E-state index is 11.5. The fourth-order valence-electron chi connectivity index (χ4n) is 6.66. The molecule has 4 aromatic carbocycles. The maximum Gasteiger partial charge on any atom is 0.164 e. The number of aliphatic hydroxyl groups is 1. The molecule has 1 heterocycles. The Kier molecular flexibility index (Phi) is 10.9. The minimum absolute atomic E-state index is 0. The van der Waals surface area contributed by atoms with Gasteiger partial charge in [0.1, 0.15) is 5.76 Å². The van der Waals surface area contributed by atoms with Crippen LogP contribution in [0.4, 0.5) is 0 Å². The van der Waals surface area contributed by atoms with Gasteiger partial charge in [0.2, 0.25) is 0 Å². The largest absolute Gasteiger partial charge is 0.512 e. The average Bonchev–Trinajstić information content (AvgIpc) is 3.25. The van der Waals surface area contributed by atoms with Gasteiger partial charge in [0.05, 0.1) is 5.52 Å². The van der Waals surface area contributed by atoms with Gasteiger partial charge in [-0.05, 0) is 45.2 Å². The van der Waals surface area contributed by atoms with E-state index in [2.05, 4.69) is 127 Å². The van der Waals surface area contributed by atoms with E-state index in [-0.39, 0.29) is 47.9 Å². The van der Waals surface area contributed by atoms with Crippen LogP contribution in [-0.4, -0.2) is 15.9 Å². The predicted octanol–water partition coefficient (Wildman–Crippen LogP) is 12.7. The van der Waals surface area contributed by atoms with Crippen LogP contribution >= 0.6 is 0 Å². The third-order valence-corrected chi connectivity index (χ3v) is 9.78. The van der Waals surface area contributed by atoms with Crippen molar-refractivity contribution in [3.05, 3.63) is 113 Å². The first-order valence-corrected chi connectivity index (χ1v) is 17.6. The van der Waals surface area contributed by atoms with Gasteiger partial charge in [-0.2, -0.15) is 0 Å². The van der Waals surface area contributed by atoms with E-state index in [1.54, 1.807) is 0 Å². The standard InChI is InChI=1S/C35H34N.C11H20O2.Ir/c1-21(2)22-16-17-28-27(19-22)31-32(35(28,6)7)26-14-10-11-15-30(26)36-33(31)24-18-23-12-8-9-13-25(23)29(20-24)34(3,4)5;1-10(2,3)8(12)7-9(13)11(4,5)6;/h8-17,19-21H,1-7H3;7,12H,1-6H3;/q-1;;/b;8-7-;. The number of para-hydroxylation sites is 1. The molecule has 1 aromatic heterocycles. The van der Waals surface area contributed by atoms with Gasteiger partial charge in [-0.3, -0.25) is 9.78 Å². The molecule has 5 aromatic rings. The number of nitrogens with zero attached hydrogens (tertiary/aromatic N) is 1. The molecule has 1 N–H and O–H groups in total. The molecule has 0 saturated carbocycles. The van der Waals surface area contributed by atoms with E-state index >= 15 is 0 Å². The van der Waals surface area contributed by atoms with E-state index in [1.807, 2.05) is 41.5 Å². The molecule has 50 heavy (non-hydrogen) atoms. The van der Waals surface area contributed by atoms with Gasteiger partial charge in [-0.1, -0.05) is 156 Å². The van der Waals surface area contributed by atoms with Crippen LogP contribution in [0.2, 0.25) is 0 Å². The summed E-state index contributed by atoms with van der Waals surface area (Å²) in [5, 5.41) is 13.2. The first-order chi connectivity index (χ1) is 22.6. The molecule has 0 atom stereocenters. The zero-order valence-electron chi connectivity index (χ0n) is 32.2. The fourth-order valence-corrected chi connectivity index (χ4v) is 6.66. The maximum absolute atomic E-state index is 11.5.